The third-order valence-corrected chi connectivity index (χ3v) is 2.82. The molecule has 0 atom stereocenters. The van der Waals surface area contributed by atoms with Crippen LogP contribution in [0.4, 0.5) is 0 Å². The largest absolute Gasteiger partial charge is 2.00 e. The van der Waals surface area contributed by atoms with Crippen LogP contribution >= 0.6 is 0 Å². The van der Waals surface area contributed by atoms with Gasteiger partial charge in [0.2, 0.25) is 0 Å². The third-order valence-electron chi connectivity index (χ3n) is 2.82. The van der Waals surface area contributed by atoms with Gasteiger partial charge in [0.1, 0.15) is 0 Å². The Morgan fingerprint density at radius 3 is 2.56 bits per heavy atom. The molecule has 0 unspecified atom stereocenters. The Morgan fingerprint density at radius 2 is 1.92 bits per heavy atom. The fourth-order valence-corrected chi connectivity index (χ4v) is 1.76. The summed E-state index contributed by atoms with van der Waals surface area (Å²) in [6, 6.07) is 12.8. The fourth-order valence-electron chi connectivity index (χ4n) is 1.76. The molecule has 1 aromatic heterocycles. The van der Waals surface area contributed by atoms with E-state index in [-0.39, 0.29) is 22.8 Å². The zero-order valence-corrected chi connectivity index (χ0v) is 14.9. The summed E-state index contributed by atoms with van der Waals surface area (Å²) in [6.45, 7) is 3.34. The maximum Gasteiger partial charge on any atom is 2.00 e. The Hall–Kier alpha value is -2.21. The SMILES string of the molecule is CC(=O)[O-].[Cu+2].[O-]c1ccccc1C=NCCCNCc1ccccn1. The monoisotopic (exact) mass is 390 g/mol. The summed E-state index contributed by atoms with van der Waals surface area (Å²) >= 11 is 0. The zero-order chi connectivity index (χ0) is 17.6. The topological polar surface area (TPSA) is 100 Å². The average molecular weight is 391 g/mol. The van der Waals surface area contributed by atoms with E-state index >= 15 is 0 Å². The van der Waals surface area contributed by atoms with Crippen molar-refractivity contribution in [3.63, 3.8) is 0 Å². The third kappa shape index (κ3) is 11.9. The zero-order valence-electron chi connectivity index (χ0n) is 13.9. The molecule has 0 spiro atoms. The Bertz CT molecular complexity index is 632. The number of para-hydroxylation sites is 1. The summed E-state index contributed by atoms with van der Waals surface area (Å²) in [7, 11) is 0. The Balaban J connectivity index is 0.00000104. The average Bonchev–Trinajstić information content (AvgIpc) is 2.56. The van der Waals surface area contributed by atoms with E-state index in [0.717, 1.165) is 32.1 Å². The molecule has 0 saturated carbocycles. The molecule has 7 heteroatoms. The molecule has 25 heavy (non-hydrogen) atoms. The summed E-state index contributed by atoms with van der Waals surface area (Å²) in [4.78, 5) is 17.4. The number of aliphatic carboxylic acids is 1. The molecule has 6 nitrogen and oxygen atoms in total. The van der Waals surface area contributed by atoms with Crippen LogP contribution in [0.15, 0.2) is 53.7 Å². The molecular weight excluding hydrogens is 370 g/mol. The first-order valence-corrected chi connectivity index (χ1v) is 7.63. The summed E-state index contributed by atoms with van der Waals surface area (Å²) in [5.74, 6) is -1.07. The quantitative estimate of drug-likeness (QED) is 0.421. The number of hydrogen-bond donors (Lipinski definition) is 1. The number of nitrogens with one attached hydrogen (secondary N) is 1. The van der Waals surface area contributed by atoms with Crippen molar-refractivity contribution in [3.8, 4) is 5.75 Å². The van der Waals surface area contributed by atoms with Gasteiger partial charge in [-0.3, -0.25) is 9.98 Å². The molecule has 1 heterocycles. The van der Waals surface area contributed by atoms with E-state index in [1.807, 2.05) is 24.3 Å². The molecule has 137 valence electrons. The summed E-state index contributed by atoms with van der Waals surface area (Å²) in [5, 5.41) is 23.6. The van der Waals surface area contributed by atoms with Crippen molar-refractivity contribution in [2.45, 2.75) is 19.9 Å². The van der Waals surface area contributed by atoms with Gasteiger partial charge < -0.3 is 20.3 Å². The number of nitrogens with zero attached hydrogens (tertiary/aromatic N) is 2. The second-order valence-corrected chi connectivity index (χ2v) is 4.92. The van der Waals surface area contributed by atoms with Crippen molar-refractivity contribution in [2.75, 3.05) is 13.1 Å². The van der Waals surface area contributed by atoms with Crippen LogP contribution in [0.25, 0.3) is 0 Å². The molecule has 0 saturated heterocycles. The first-order valence-electron chi connectivity index (χ1n) is 7.63. The van der Waals surface area contributed by atoms with E-state index in [0.29, 0.717) is 12.1 Å². The van der Waals surface area contributed by atoms with Gasteiger partial charge in [-0.2, -0.15) is 0 Å². The van der Waals surface area contributed by atoms with E-state index in [9.17, 15) is 5.11 Å². The predicted molar refractivity (Wildman–Crippen MR) is 89.6 cm³/mol. The van der Waals surface area contributed by atoms with E-state index in [2.05, 4.69) is 15.3 Å². The van der Waals surface area contributed by atoms with Crippen LogP contribution in [-0.4, -0.2) is 30.3 Å². The van der Waals surface area contributed by atoms with Crippen LogP contribution in [0.3, 0.4) is 0 Å². The van der Waals surface area contributed by atoms with Crippen molar-refractivity contribution < 1.29 is 32.1 Å². The molecule has 2 aromatic rings. The molecule has 0 amide bonds. The first-order chi connectivity index (χ1) is 11.6. The van der Waals surface area contributed by atoms with E-state index in [4.69, 9.17) is 9.90 Å². The van der Waals surface area contributed by atoms with E-state index < -0.39 is 5.97 Å². The molecule has 0 bridgehead atoms. The number of aliphatic imine (C=N–C) groups is 1. The number of carbonyl (C=O) groups excluding carboxylic acids is 1. The molecule has 0 aliphatic heterocycles. The molecule has 0 fully saturated rings. The van der Waals surface area contributed by atoms with Crippen molar-refractivity contribution in [1.82, 2.24) is 10.3 Å². The van der Waals surface area contributed by atoms with Gasteiger partial charge in [-0.15, -0.1) is 5.75 Å². The Labute approximate surface area is 158 Å². The predicted octanol–water partition coefficient (Wildman–Crippen LogP) is 0.508. The summed E-state index contributed by atoms with van der Waals surface area (Å²) < 4.78 is 0. The van der Waals surface area contributed by atoms with Crippen molar-refractivity contribution >= 4 is 12.2 Å². The normalized spacial score (nSPS) is 9.80. The number of carbonyl (C=O) groups is 1. The minimum atomic E-state index is -1.08. The first kappa shape index (κ1) is 22.8. The van der Waals surface area contributed by atoms with Gasteiger partial charge in [-0.25, -0.2) is 0 Å². The van der Waals surface area contributed by atoms with Crippen molar-refractivity contribution in [2.24, 2.45) is 4.99 Å². The second kappa shape index (κ2) is 14.2. The molecule has 0 aliphatic carbocycles. The fraction of sp³-hybridized carbons (Fsp3) is 0.278. The Kier molecular flexibility index (Phi) is 12.9. The minimum absolute atomic E-state index is 0. The second-order valence-electron chi connectivity index (χ2n) is 4.92. The van der Waals surface area contributed by atoms with Crippen LogP contribution in [0, 0.1) is 0 Å². The number of rotatable bonds is 7. The number of carboxylic acids is 1. The number of carboxylic acid groups (broad SMARTS) is 1. The number of pyridine rings is 1. The maximum atomic E-state index is 11.4. The van der Waals surface area contributed by atoms with Gasteiger partial charge in [-0.05, 0) is 37.6 Å². The van der Waals surface area contributed by atoms with Crippen LogP contribution in [0.5, 0.6) is 5.75 Å². The van der Waals surface area contributed by atoms with Crippen LogP contribution in [0.2, 0.25) is 0 Å². The minimum Gasteiger partial charge on any atom is -0.872 e. The Morgan fingerprint density at radius 1 is 1.24 bits per heavy atom. The molecule has 2 rings (SSSR count). The molecular formula is C18H21CuN3O3. The summed E-state index contributed by atoms with van der Waals surface area (Å²) in [6.07, 6.45) is 4.38. The molecule has 1 radical (unpaired) electrons. The van der Waals surface area contributed by atoms with E-state index in [1.54, 1.807) is 30.6 Å². The van der Waals surface area contributed by atoms with E-state index in [1.165, 1.54) is 0 Å². The molecule has 1 aromatic carbocycles. The van der Waals surface area contributed by atoms with Crippen LogP contribution in [-0.2, 0) is 28.4 Å². The van der Waals surface area contributed by atoms with Gasteiger partial charge in [-0.1, -0.05) is 30.3 Å². The van der Waals surface area contributed by atoms with Gasteiger partial charge in [0.15, 0.2) is 0 Å². The molecule has 1 N–H and O–H groups in total. The van der Waals surface area contributed by atoms with Gasteiger partial charge in [0, 0.05) is 31.5 Å². The van der Waals surface area contributed by atoms with Crippen LogP contribution < -0.4 is 15.5 Å². The van der Waals surface area contributed by atoms with Crippen molar-refractivity contribution in [1.29, 1.82) is 0 Å². The number of aromatic nitrogens is 1. The smallest absolute Gasteiger partial charge is 0.872 e. The maximum absolute atomic E-state index is 11.4. The van der Waals surface area contributed by atoms with Crippen molar-refractivity contribution in [3.05, 3.63) is 59.9 Å². The number of benzene rings is 1. The molecule has 0 aliphatic rings. The van der Waals surface area contributed by atoms with Gasteiger partial charge in [0.25, 0.3) is 0 Å². The summed E-state index contributed by atoms with van der Waals surface area (Å²) in [5.41, 5.74) is 1.69. The number of hydrogen-bond acceptors (Lipinski definition) is 6. The van der Waals surface area contributed by atoms with Gasteiger partial charge >= 0.3 is 17.1 Å². The van der Waals surface area contributed by atoms with Gasteiger partial charge in [0.05, 0.1) is 5.69 Å². The van der Waals surface area contributed by atoms with Crippen LogP contribution in [0.1, 0.15) is 24.6 Å². The standard InChI is InChI=1S/C16H19N3O.C2H4O2.Cu/c20-16-8-2-1-6-14(16)12-17-9-5-10-18-13-15-7-3-4-11-19-15;1-2(3)4;/h1-4,6-8,11-12,18,20H,5,9-10,13H2;1H3,(H,3,4);/q;;+2/p-2.